The van der Waals surface area contributed by atoms with Gasteiger partial charge in [-0.3, -0.25) is 0 Å². The number of halogens is 3. The molecule has 0 aromatic heterocycles. The largest absolute Gasteiger partial charge is 0.502 e. The van der Waals surface area contributed by atoms with Crippen molar-refractivity contribution in [2.45, 2.75) is 12.6 Å². The van der Waals surface area contributed by atoms with E-state index in [1.165, 1.54) is 12.1 Å². The van der Waals surface area contributed by atoms with Gasteiger partial charge in [0.2, 0.25) is 0 Å². The molecular weight excluding hydrogens is 213 g/mol. The van der Waals surface area contributed by atoms with Crippen LogP contribution in [0.2, 0.25) is 0 Å². The maximum absolute atomic E-state index is 12.1. The summed E-state index contributed by atoms with van der Waals surface area (Å²) in [6, 6.07) is 4.53. The van der Waals surface area contributed by atoms with E-state index in [1.54, 1.807) is 0 Å². The van der Waals surface area contributed by atoms with Gasteiger partial charge in [0.15, 0.2) is 5.05 Å². The molecule has 0 spiro atoms. The van der Waals surface area contributed by atoms with Crippen molar-refractivity contribution >= 4 is 17.3 Å². The Kier molecular flexibility index (Phi) is 3.10. The zero-order valence-electron chi connectivity index (χ0n) is 7.01. The summed E-state index contributed by atoms with van der Waals surface area (Å²) in [5.74, 6) is 0. The van der Waals surface area contributed by atoms with Crippen LogP contribution in [0.15, 0.2) is 24.3 Å². The Bertz CT molecular complexity index is 329. The molecule has 1 aromatic carbocycles. The number of benzene rings is 1. The highest BCUT2D eigenvalue weighted by atomic mass is 32.1. The van der Waals surface area contributed by atoms with E-state index >= 15 is 0 Å². The van der Waals surface area contributed by atoms with Gasteiger partial charge in [0.05, 0.1) is 5.56 Å². The van der Waals surface area contributed by atoms with E-state index in [2.05, 4.69) is 12.2 Å². The van der Waals surface area contributed by atoms with E-state index in [4.69, 9.17) is 5.11 Å². The number of alkyl halides is 3. The molecular formula is C9H7F3OS. The molecule has 1 N–H and O–H groups in total. The van der Waals surface area contributed by atoms with Gasteiger partial charge in [-0.15, -0.1) is 0 Å². The second-order valence-corrected chi connectivity index (χ2v) is 3.24. The van der Waals surface area contributed by atoms with Gasteiger partial charge in [-0.05, 0) is 29.9 Å². The van der Waals surface area contributed by atoms with Crippen LogP contribution in [0.3, 0.4) is 0 Å². The lowest BCUT2D eigenvalue weighted by Crippen LogP contribution is -2.05. The minimum absolute atomic E-state index is 0.105. The minimum Gasteiger partial charge on any atom is -0.502 e. The highest BCUT2D eigenvalue weighted by molar-refractivity contribution is 7.80. The molecule has 0 aliphatic carbocycles. The molecule has 0 saturated carbocycles. The zero-order chi connectivity index (χ0) is 10.8. The lowest BCUT2D eigenvalue weighted by atomic mass is 10.1. The fraction of sp³-hybridized carbons (Fsp3) is 0.222. The smallest absolute Gasteiger partial charge is 0.416 e. The summed E-state index contributed by atoms with van der Waals surface area (Å²) in [6.45, 7) is 0. The molecule has 1 nitrogen and oxygen atoms in total. The Hall–Kier alpha value is -1.10. The first-order valence-electron chi connectivity index (χ1n) is 3.77. The normalized spacial score (nSPS) is 11.4. The predicted octanol–water partition coefficient (Wildman–Crippen LogP) is 3.13. The van der Waals surface area contributed by atoms with Crippen LogP contribution in [-0.2, 0) is 12.6 Å². The molecule has 0 bridgehead atoms. The summed E-state index contributed by atoms with van der Waals surface area (Å²) in [5, 5.41) is 8.51. The van der Waals surface area contributed by atoms with Gasteiger partial charge in [-0.2, -0.15) is 13.2 Å². The van der Waals surface area contributed by atoms with Gasteiger partial charge in [-0.25, -0.2) is 0 Å². The minimum atomic E-state index is -4.32. The molecule has 0 saturated heterocycles. The molecule has 1 aromatic rings. The van der Waals surface area contributed by atoms with E-state index in [0.717, 1.165) is 12.1 Å². The van der Waals surface area contributed by atoms with Crippen molar-refractivity contribution in [2.75, 3.05) is 0 Å². The fourth-order valence-electron chi connectivity index (χ4n) is 0.986. The molecule has 0 fully saturated rings. The van der Waals surface area contributed by atoms with Crippen LogP contribution >= 0.6 is 12.2 Å². The molecule has 0 aliphatic rings. The second-order valence-electron chi connectivity index (χ2n) is 2.77. The Morgan fingerprint density at radius 2 is 1.71 bits per heavy atom. The summed E-state index contributed by atoms with van der Waals surface area (Å²) in [6.07, 6.45) is -4.22. The van der Waals surface area contributed by atoms with Crippen LogP contribution in [0.25, 0.3) is 0 Å². The third-order valence-electron chi connectivity index (χ3n) is 1.64. The number of rotatable bonds is 2. The van der Waals surface area contributed by atoms with E-state index in [9.17, 15) is 13.2 Å². The quantitative estimate of drug-likeness (QED) is 0.772. The maximum Gasteiger partial charge on any atom is 0.416 e. The van der Waals surface area contributed by atoms with Crippen LogP contribution in [0.1, 0.15) is 11.1 Å². The molecule has 1 rings (SSSR count). The highest BCUT2D eigenvalue weighted by Gasteiger charge is 2.29. The molecule has 0 unspecified atom stereocenters. The Morgan fingerprint density at radius 1 is 1.21 bits per heavy atom. The van der Waals surface area contributed by atoms with Crippen molar-refractivity contribution in [2.24, 2.45) is 0 Å². The lowest BCUT2D eigenvalue weighted by Gasteiger charge is -2.06. The van der Waals surface area contributed by atoms with Crippen LogP contribution < -0.4 is 0 Å². The van der Waals surface area contributed by atoms with E-state index in [-0.39, 0.29) is 11.5 Å². The van der Waals surface area contributed by atoms with Crippen LogP contribution in [0, 0.1) is 0 Å². The predicted molar refractivity (Wildman–Crippen MR) is 50.4 cm³/mol. The Labute approximate surface area is 84.2 Å². The third-order valence-corrected chi connectivity index (χ3v) is 1.78. The lowest BCUT2D eigenvalue weighted by molar-refractivity contribution is -0.137. The van der Waals surface area contributed by atoms with Gasteiger partial charge >= 0.3 is 6.18 Å². The summed E-state index contributed by atoms with van der Waals surface area (Å²) in [4.78, 5) is 0. The summed E-state index contributed by atoms with van der Waals surface area (Å²) in [5.41, 5.74) is -0.143. The fourth-order valence-corrected chi connectivity index (χ4v) is 1.15. The van der Waals surface area contributed by atoms with Gasteiger partial charge in [-0.1, -0.05) is 12.1 Å². The van der Waals surface area contributed by atoms with Gasteiger partial charge in [0.25, 0.3) is 0 Å². The number of aliphatic hydroxyl groups is 1. The molecule has 0 amide bonds. The van der Waals surface area contributed by atoms with Crippen LogP contribution in [0.4, 0.5) is 13.2 Å². The summed E-state index contributed by atoms with van der Waals surface area (Å²) < 4.78 is 36.3. The standard InChI is InChI=1S/C9H7F3OS/c10-9(11,12)7-3-1-6(2-4-7)5-8(13)14/h1-4H,5H2,(H,13,14). The number of thiocarbonyl (C=S) groups is 1. The number of hydrogen-bond acceptors (Lipinski definition) is 1. The van der Waals surface area contributed by atoms with Crippen molar-refractivity contribution < 1.29 is 18.3 Å². The topological polar surface area (TPSA) is 20.2 Å². The second kappa shape index (κ2) is 3.96. The monoisotopic (exact) mass is 220 g/mol. The van der Waals surface area contributed by atoms with Crippen molar-refractivity contribution in [3.05, 3.63) is 35.4 Å². The zero-order valence-corrected chi connectivity index (χ0v) is 7.82. The molecule has 0 aliphatic heterocycles. The number of hydrogen-bond donors (Lipinski definition) is 1. The molecule has 0 atom stereocenters. The molecule has 5 heteroatoms. The third kappa shape index (κ3) is 2.99. The van der Waals surface area contributed by atoms with Crippen molar-refractivity contribution in [3.63, 3.8) is 0 Å². The molecule has 76 valence electrons. The van der Waals surface area contributed by atoms with E-state index in [1.807, 2.05) is 0 Å². The number of aliphatic hydroxyl groups excluding tert-OH is 1. The van der Waals surface area contributed by atoms with Crippen LogP contribution in [0.5, 0.6) is 0 Å². The van der Waals surface area contributed by atoms with Crippen molar-refractivity contribution in [3.8, 4) is 0 Å². The van der Waals surface area contributed by atoms with Crippen LogP contribution in [-0.4, -0.2) is 10.2 Å². The molecule has 0 heterocycles. The van der Waals surface area contributed by atoms with Crippen molar-refractivity contribution in [1.82, 2.24) is 0 Å². The SMILES string of the molecule is OC(=S)Cc1ccc(C(F)(F)F)cc1. The van der Waals surface area contributed by atoms with E-state index < -0.39 is 11.7 Å². The van der Waals surface area contributed by atoms with Gasteiger partial charge in [0, 0.05) is 6.42 Å². The maximum atomic E-state index is 12.1. The Morgan fingerprint density at radius 3 is 2.07 bits per heavy atom. The highest BCUT2D eigenvalue weighted by Crippen LogP contribution is 2.29. The van der Waals surface area contributed by atoms with Gasteiger partial charge in [0.1, 0.15) is 0 Å². The summed E-state index contributed by atoms with van der Waals surface area (Å²) in [7, 11) is 0. The first kappa shape index (κ1) is 11.0. The van der Waals surface area contributed by atoms with Crippen molar-refractivity contribution in [1.29, 1.82) is 0 Å². The van der Waals surface area contributed by atoms with Gasteiger partial charge < -0.3 is 5.11 Å². The first-order valence-corrected chi connectivity index (χ1v) is 4.18. The molecule has 14 heavy (non-hydrogen) atoms. The average molecular weight is 220 g/mol. The molecule has 0 radical (unpaired) electrons. The average Bonchev–Trinajstić information content (AvgIpc) is 2.02. The van der Waals surface area contributed by atoms with E-state index in [0.29, 0.717) is 5.56 Å². The summed E-state index contributed by atoms with van der Waals surface area (Å²) >= 11 is 4.42. The first-order chi connectivity index (χ1) is 6.39. The Balaban J connectivity index is 2.84.